The maximum atomic E-state index is 13.4. The number of nitrogen functional groups attached to an aromatic ring is 1. The molecule has 0 saturated heterocycles. The van der Waals surface area contributed by atoms with E-state index in [4.69, 9.17) is 24.5 Å². The van der Waals surface area contributed by atoms with Crippen LogP contribution in [0.15, 0.2) is 87.4 Å². The van der Waals surface area contributed by atoms with Crippen molar-refractivity contribution >= 4 is 55.1 Å². The van der Waals surface area contributed by atoms with Gasteiger partial charge in [0.05, 0.1) is 49.0 Å². The molecule has 6 N–H and O–H groups in total. The molecule has 4 aromatic carbocycles. The number of anilines is 1. The van der Waals surface area contributed by atoms with Crippen molar-refractivity contribution in [3.05, 3.63) is 114 Å². The number of nitrogens with zero attached hydrogens (tertiary/aromatic N) is 1. The number of rotatable bonds is 1. The van der Waals surface area contributed by atoms with Gasteiger partial charge in [0.25, 0.3) is 0 Å². The van der Waals surface area contributed by atoms with E-state index >= 15 is 0 Å². The molecule has 0 spiro atoms. The second-order valence-electron chi connectivity index (χ2n) is 8.58. The zero-order valence-corrected chi connectivity index (χ0v) is 23.7. The van der Waals surface area contributed by atoms with Crippen molar-refractivity contribution in [3.63, 3.8) is 0 Å². The van der Waals surface area contributed by atoms with Gasteiger partial charge in [-0.2, -0.15) is 0 Å². The molecule has 0 amide bonds. The Morgan fingerprint density at radius 3 is 1.77 bits per heavy atom. The Bertz CT molecular complexity index is 2280. The molecule has 194 valence electrons. The second-order valence-corrected chi connectivity index (χ2v) is 9.02. The smallest absolute Gasteiger partial charge is 0.750 e. The van der Waals surface area contributed by atoms with Crippen molar-refractivity contribution in [3.8, 4) is 11.5 Å². The van der Waals surface area contributed by atoms with Gasteiger partial charge in [0.2, 0.25) is 0 Å². The van der Waals surface area contributed by atoms with Crippen molar-refractivity contribution < 1.29 is 53.1 Å². The minimum Gasteiger partial charge on any atom is -0.750 e. The van der Waals surface area contributed by atoms with Gasteiger partial charge in [-0.15, -0.1) is 0 Å². The standard InChI is InChI=1S/C28H17N3O4.Na.H2O3S/c29-17-9-11-19(23-21(17)25(32)13-5-1-3-7-15(13)27(23)34)31-20-12-10-18(30)22-24(20)28(35)16-8-4-2-6-14(16)26(22)33;;1-4(2)3/h1-12,29,33,35H,30H2;;(H2,1,2,3)/q;+1;/p-1. The van der Waals surface area contributed by atoms with E-state index in [1.807, 2.05) is 0 Å². The summed E-state index contributed by atoms with van der Waals surface area (Å²) in [5, 5.41) is 32.4. The quantitative estimate of drug-likeness (QED) is 0.0581. The maximum absolute atomic E-state index is 13.4. The van der Waals surface area contributed by atoms with Crippen LogP contribution in [0, 0.1) is 15.8 Å². The molecule has 0 saturated carbocycles. The SMILES string of the molecule is N=c1ccc(=Nc2ccc(N)c3c(O)c4ccccc4c(O)c23)c2c(=O)c3ccccc3c(=O)c1=2.O=S([O-])O.[Na+]. The third kappa shape index (κ3) is 4.79. The molecular weight excluding hydrogens is 545 g/mol. The van der Waals surface area contributed by atoms with Gasteiger partial charge in [0.15, 0.2) is 10.9 Å². The molecule has 1 unspecified atom stereocenters. The Hall–Kier alpha value is -3.97. The van der Waals surface area contributed by atoms with Gasteiger partial charge < -0.3 is 30.5 Å². The first-order chi connectivity index (χ1) is 18.6. The molecule has 1 atom stereocenters. The predicted octanol–water partition coefficient (Wildman–Crippen LogP) is -0.485. The number of phenolic OH excluding ortho intramolecular Hbond substituents is 2. The van der Waals surface area contributed by atoms with Crippen LogP contribution in [0.2, 0.25) is 0 Å². The van der Waals surface area contributed by atoms with Crippen LogP contribution in [0.3, 0.4) is 0 Å². The Morgan fingerprint density at radius 2 is 1.23 bits per heavy atom. The van der Waals surface area contributed by atoms with Gasteiger partial charge >= 0.3 is 29.6 Å². The summed E-state index contributed by atoms with van der Waals surface area (Å²) in [5.74, 6) is -0.204. The first kappa shape index (κ1) is 29.0. The van der Waals surface area contributed by atoms with E-state index in [1.165, 1.54) is 12.1 Å². The van der Waals surface area contributed by atoms with Crippen LogP contribution in [-0.2, 0) is 11.4 Å². The molecule has 0 fully saturated rings. The predicted molar refractivity (Wildman–Crippen MR) is 146 cm³/mol. The Morgan fingerprint density at radius 1 is 0.750 bits per heavy atom. The van der Waals surface area contributed by atoms with Gasteiger partial charge in [-0.25, -0.2) is 9.20 Å². The van der Waals surface area contributed by atoms with Crippen LogP contribution in [0.1, 0.15) is 0 Å². The summed E-state index contributed by atoms with van der Waals surface area (Å²) in [6, 6.07) is 19.4. The third-order valence-electron chi connectivity index (χ3n) is 6.42. The summed E-state index contributed by atoms with van der Waals surface area (Å²) in [6.07, 6.45) is 0. The molecular formula is C28H18N3NaO7S. The molecule has 0 radical (unpaired) electrons. The molecule has 0 aromatic heterocycles. The molecule has 2 aliphatic carbocycles. The maximum Gasteiger partial charge on any atom is 1.00 e. The summed E-state index contributed by atoms with van der Waals surface area (Å²) in [5.41, 5.74) is 5.86. The fourth-order valence-electron chi connectivity index (χ4n) is 4.79. The molecule has 4 aromatic rings. The molecule has 2 aliphatic rings. The van der Waals surface area contributed by atoms with Crippen molar-refractivity contribution in [2.24, 2.45) is 4.99 Å². The first-order valence-electron chi connectivity index (χ1n) is 11.3. The van der Waals surface area contributed by atoms with Crippen LogP contribution < -0.4 is 56.9 Å². The number of hydrogen-bond donors (Lipinski definition) is 5. The minimum absolute atomic E-state index is 0. The average Bonchev–Trinajstić information content (AvgIpc) is 2.91. The van der Waals surface area contributed by atoms with Crippen molar-refractivity contribution in [2.45, 2.75) is 0 Å². The molecule has 10 nitrogen and oxygen atoms in total. The van der Waals surface area contributed by atoms with Crippen molar-refractivity contribution in [1.82, 2.24) is 0 Å². The van der Waals surface area contributed by atoms with E-state index in [1.54, 1.807) is 60.7 Å². The van der Waals surface area contributed by atoms with Gasteiger partial charge in [-0.1, -0.05) is 48.5 Å². The molecule has 12 heteroatoms. The number of nitrogens with two attached hydrogens (primary N) is 1. The summed E-state index contributed by atoms with van der Waals surface area (Å²) < 4.78 is 24.1. The molecule has 0 bridgehead atoms. The van der Waals surface area contributed by atoms with E-state index < -0.39 is 22.2 Å². The number of benzene rings is 4. The third-order valence-corrected chi connectivity index (χ3v) is 6.42. The number of fused-ring (bicyclic) bond motifs is 3. The second kappa shape index (κ2) is 11.3. The zero-order chi connectivity index (χ0) is 28.0. The Balaban J connectivity index is 0.000000695. The van der Waals surface area contributed by atoms with E-state index in [0.717, 1.165) is 0 Å². The van der Waals surface area contributed by atoms with Gasteiger partial charge in [0.1, 0.15) is 11.5 Å². The number of aromatic hydroxyl groups is 2. The number of nitrogens with one attached hydrogen (secondary N) is 1. The van der Waals surface area contributed by atoms with Gasteiger partial charge in [-0.05, 0) is 24.3 Å². The van der Waals surface area contributed by atoms with Crippen molar-refractivity contribution in [1.29, 1.82) is 5.41 Å². The topological polar surface area (TPSA) is 197 Å². The number of phenols is 2. The van der Waals surface area contributed by atoms with Gasteiger partial charge in [0, 0.05) is 27.2 Å². The number of hydrogen-bond acceptors (Lipinski definition) is 9. The van der Waals surface area contributed by atoms with Crippen LogP contribution in [0.4, 0.5) is 11.4 Å². The fraction of sp³-hybridized carbons (Fsp3) is 0. The van der Waals surface area contributed by atoms with E-state index in [0.29, 0.717) is 10.8 Å². The van der Waals surface area contributed by atoms with Crippen LogP contribution in [0.5, 0.6) is 11.5 Å². The monoisotopic (exact) mass is 563 g/mol. The summed E-state index contributed by atoms with van der Waals surface area (Å²) >= 11 is -2.86. The van der Waals surface area contributed by atoms with E-state index in [-0.39, 0.29) is 95.1 Å². The largest absolute Gasteiger partial charge is 1.00 e. The molecule has 0 aliphatic heterocycles. The minimum atomic E-state index is -2.86. The van der Waals surface area contributed by atoms with Crippen molar-refractivity contribution in [2.75, 3.05) is 5.73 Å². The average molecular weight is 564 g/mol. The molecule has 6 rings (SSSR count). The first-order valence-corrected chi connectivity index (χ1v) is 12.4. The van der Waals surface area contributed by atoms with Crippen LogP contribution >= 0.6 is 0 Å². The van der Waals surface area contributed by atoms with E-state index in [2.05, 4.69) is 4.99 Å². The molecule has 0 heterocycles. The normalized spacial score (nSPS) is 12.3. The summed E-state index contributed by atoms with van der Waals surface area (Å²) in [6.45, 7) is 0. The van der Waals surface area contributed by atoms with Crippen LogP contribution in [-0.4, -0.2) is 23.5 Å². The van der Waals surface area contributed by atoms with Crippen LogP contribution in [0.25, 0.3) is 32.3 Å². The van der Waals surface area contributed by atoms with Gasteiger partial charge in [-0.3, -0.25) is 9.59 Å². The molecule has 40 heavy (non-hydrogen) atoms. The Kier molecular flexibility index (Phi) is 8.17. The fourth-order valence-corrected chi connectivity index (χ4v) is 4.79. The Labute approximate surface area is 249 Å². The zero-order valence-electron chi connectivity index (χ0n) is 20.8. The van der Waals surface area contributed by atoms with E-state index in [9.17, 15) is 19.8 Å². The summed E-state index contributed by atoms with van der Waals surface area (Å²) in [7, 11) is 0. The summed E-state index contributed by atoms with van der Waals surface area (Å²) in [4.78, 5) is 31.3.